The van der Waals surface area contributed by atoms with E-state index in [1.54, 1.807) is 13.2 Å². The molecule has 0 unspecified atom stereocenters. The molecule has 0 aliphatic heterocycles. The van der Waals surface area contributed by atoms with Crippen LogP contribution in [-0.2, 0) is 4.74 Å². The Morgan fingerprint density at radius 3 is 2.15 bits per heavy atom. The second-order valence-corrected chi connectivity index (χ2v) is 2.15. The predicted octanol–water partition coefficient (Wildman–Crippen LogP) is 4.09. The lowest BCUT2D eigenvalue weighted by Gasteiger charge is -2.04. The van der Waals surface area contributed by atoms with Gasteiger partial charge in [0.2, 0.25) is 0 Å². The highest BCUT2D eigenvalue weighted by molar-refractivity contribution is 5.27. The van der Waals surface area contributed by atoms with Gasteiger partial charge in [-0.1, -0.05) is 39.5 Å². The lowest BCUT2D eigenvalue weighted by atomic mass is 10.1. The van der Waals surface area contributed by atoms with Crippen LogP contribution in [0.2, 0.25) is 0 Å². The van der Waals surface area contributed by atoms with Crippen molar-refractivity contribution in [1.29, 1.82) is 0 Å². The second kappa shape index (κ2) is 11.0. The van der Waals surface area contributed by atoms with E-state index in [1.165, 1.54) is 5.57 Å². The maximum atomic E-state index is 5.12. The minimum Gasteiger partial charge on any atom is -0.497 e. The van der Waals surface area contributed by atoms with Gasteiger partial charge < -0.3 is 4.74 Å². The summed E-state index contributed by atoms with van der Waals surface area (Å²) in [6.45, 7) is 11.8. The molecular weight excluding hydrogens is 160 g/mol. The Morgan fingerprint density at radius 2 is 1.92 bits per heavy atom. The van der Waals surface area contributed by atoms with E-state index in [-0.39, 0.29) is 0 Å². The number of rotatable bonds is 4. The highest BCUT2D eigenvalue weighted by Crippen LogP contribution is 2.11. The van der Waals surface area contributed by atoms with E-state index in [0.717, 1.165) is 12.2 Å². The molecule has 0 bridgehead atoms. The number of hydrogen-bond donors (Lipinski definition) is 0. The van der Waals surface area contributed by atoms with E-state index in [2.05, 4.69) is 13.5 Å². The molecule has 0 aromatic rings. The Labute approximate surface area is 82.8 Å². The van der Waals surface area contributed by atoms with Gasteiger partial charge in [-0.05, 0) is 25.0 Å². The molecule has 0 heterocycles. The molecule has 0 rings (SSSR count). The first kappa shape index (κ1) is 14.5. The highest BCUT2D eigenvalue weighted by Gasteiger charge is 1.95. The standard InChI is InChI=1S/C10H16O.C2H6/c1-5-8-9(6-2)10(7-3)11-4;1-2/h5,7-8H,3,6H2,1-2,4H3;1-2H3/b8-5-,10-9+;. The van der Waals surface area contributed by atoms with E-state index >= 15 is 0 Å². The maximum absolute atomic E-state index is 5.12. The molecule has 0 amide bonds. The molecule has 13 heavy (non-hydrogen) atoms. The lowest BCUT2D eigenvalue weighted by molar-refractivity contribution is 0.302. The van der Waals surface area contributed by atoms with Gasteiger partial charge in [0.15, 0.2) is 0 Å². The molecule has 1 heteroatoms. The van der Waals surface area contributed by atoms with Crippen molar-refractivity contribution in [2.75, 3.05) is 7.11 Å². The molecule has 0 aliphatic carbocycles. The Kier molecular flexibility index (Phi) is 12.3. The van der Waals surface area contributed by atoms with Crippen molar-refractivity contribution in [2.24, 2.45) is 0 Å². The van der Waals surface area contributed by atoms with Gasteiger partial charge in [0, 0.05) is 0 Å². The van der Waals surface area contributed by atoms with Crippen LogP contribution in [0.5, 0.6) is 0 Å². The Balaban J connectivity index is 0. The molecule has 0 radical (unpaired) electrons. The normalized spacial score (nSPS) is 11.5. The summed E-state index contributed by atoms with van der Waals surface area (Å²) in [7, 11) is 1.66. The van der Waals surface area contributed by atoms with Crippen molar-refractivity contribution in [2.45, 2.75) is 34.1 Å². The first-order valence-electron chi connectivity index (χ1n) is 4.82. The van der Waals surface area contributed by atoms with Crippen molar-refractivity contribution >= 4 is 0 Å². The molecule has 0 spiro atoms. The Hall–Kier alpha value is -0.980. The first-order valence-corrected chi connectivity index (χ1v) is 4.82. The number of ether oxygens (including phenoxy) is 1. The smallest absolute Gasteiger partial charge is 0.121 e. The van der Waals surface area contributed by atoms with Crippen molar-refractivity contribution in [1.82, 2.24) is 0 Å². The van der Waals surface area contributed by atoms with E-state index in [9.17, 15) is 0 Å². The van der Waals surface area contributed by atoms with Gasteiger partial charge in [0.05, 0.1) is 7.11 Å². The van der Waals surface area contributed by atoms with Gasteiger partial charge in [-0.2, -0.15) is 0 Å². The average Bonchev–Trinajstić information content (AvgIpc) is 2.21. The van der Waals surface area contributed by atoms with E-state index in [4.69, 9.17) is 4.74 Å². The average molecular weight is 182 g/mol. The van der Waals surface area contributed by atoms with Crippen LogP contribution in [0.15, 0.2) is 36.1 Å². The van der Waals surface area contributed by atoms with Crippen molar-refractivity contribution in [3.8, 4) is 0 Å². The van der Waals surface area contributed by atoms with Crippen LogP contribution in [-0.4, -0.2) is 7.11 Å². The second-order valence-electron chi connectivity index (χ2n) is 2.15. The third kappa shape index (κ3) is 6.21. The van der Waals surface area contributed by atoms with Crippen LogP contribution >= 0.6 is 0 Å². The third-order valence-corrected chi connectivity index (χ3v) is 1.47. The highest BCUT2D eigenvalue weighted by atomic mass is 16.5. The first-order chi connectivity index (χ1) is 6.29. The topological polar surface area (TPSA) is 9.23 Å². The zero-order valence-electron chi connectivity index (χ0n) is 9.55. The molecule has 0 saturated carbocycles. The molecular formula is C12H22O. The van der Waals surface area contributed by atoms with Gasteiger partial charge in [0.1, 0.15) is 5.76 Å². The maximum Gasteiger partial charge on any atom is 0.121 e. The van der Waals surface area contributed by atoms with Crippen molar-refractivity contribution in [3.05, 3.63) is 36.1 Å². The van der Waals surface area contributed by atoms with E-state index in [1.807, 2.05) is 32.9 Å². The predicted molar refractivity (Wildman–Crippen MR) is 60.7 cm³/mol. The molecule has 0 aromatic carbocycles. The minimum atomic E-state index is 0.866. The van der Waals surface area contributed by atoms with Gasteiger partial charge in [0.25, 0.3) is 0 Å². The van der Waals surface area contributed by atoms with Crippen LogP contribution in [0.4, 0.5) is 0 Å². The SMILES string of the molecule is C=C/C(OC)=C(\C=C/C)CC.CC. The largest absolute Gasteiger partial charge is 0.497 e. The molecule has 0 aliphatic rings. The monoisotopic (exact) mass is 182 g/mol. The number of methoxy groups -OCH3 is 1. The van der Waals surface area contributed by atoms with Crippen LogP contribution in [0.1, 0.15) is 34.1 Å². The summed E-state index contributed by atoms with van der Waals surface area (Å²) in [6, 6.07) is 0. The van der Waals surface area contributed by atoms with Gasteiger partial charge in [-0.3, -0.25) is 0 Å². The number of allylic oxidation sites excluding steroid dienone is 4. The fraction of sp³-hybridized carbons (Fsp3) is 0.500. The van der Waals surface area contributed by atoms with Crippen LogP contribution in [0.3, 0.4) is 0 Å². The van der Waals surface area contributed by atoms with Crippen LogP contribution in [0, 0.1) is 0 Å². The Bertz CT molecular complexity index is 176. The Morgan fingerprint density at radius 1 is 1.38 bits per heavy atom. The molecule has 0 N–H and O–H groups in total. The minimum absolute atomic E-state index is 0.866. The molecule has 0 aromatic heterocycles. The summed E-state index contributed by atoms with van der Waals surface area (Å²) < 4.78 is 5.12. The zero-order valence-corrected chi connectivity index (χ0v) is 9.55. The molecule has 0 saturated heterocycles. The summed E-state index contributed by atoms with van der Waals surface area (Å²) in [6.07, 6.45) is 6.75. The zero-order chi connectivity index (χ0) is 10.7. The molecule has 1 nitrogen and oxygen atoms in total. The van der Waals surface area contributed by atoms with Gasteiger partial charge >= 0.3 is 0 Å². The van der Waals surface area contributed by atoms with Crippen molar-refractivity contribution in [3.63, 3.8) is 0 Å². The third-order valence-electron chi connectivity index (χ3n) is 1.47. The van der Waals surface area contributed by atoms with Crippen LogP contribution in [0.25, 0.3) is 0 Å². The van der Waals surface area contributed by atoms with E-state index < -0.39 is 0 Å². The van der Waals surface area contributed by atoms with Crippen LogP contribution < -0.4 is 0 Å². The molecule has 0 atom stereocenters. The summed E-state index contributed by atoms with van der Waals surface area (Å²) in [5.41, 5.74) is 1.19. The summed E-state index contributed by atoms with van der Waals surface area (Å²) >= 11 is 0. The van der Waals surface area contributed by atoms with Crippen molar-refractivity contribution < 1.29 is 4.74 Å². The van der Waals surface area contributed by atoms with Gasteiger partial charge in [-0.15, -0.1) is 0 Å². The molecule has 76 valence electrons. The number of hydrogen-bond acceptors (Lipinski definition) is 1. The summed E-state index contributed by atoms with van der Waals surface area (Å²) in [5, 5.41) is 0. The van der Waals surface area contributed by atoms with Gasteiger partial charge in [-0.25, -0.2) is 0 Å². The summed E-state index contributed by atoms with van der Waals surface area (Å²) in [4.78, 5) is 0. The fourth-order valence-electron chi connectivity index (χ4n) is 0.921. The fourth-order valence-corrected chi connectivity index (χ4v) is 0.921. The van der Waals surface area contributed by atoms with E-state index in [0.29, 0.717) is 0 Å². The summed E-state index contributed by atoms with van der Waals surface area (Å²) in [5.74, 6) is 0.866. The lowest BCUT2D eigenvalue weighted by Crippen LogP contribution is -1.87. The quantitative estimate of drug-likeness (QED) is 0.470. The molecule has 0 fully saturated rings.